The second kappa shape index (κ2) is 6.44. The van der Waals surface area contributed by atoms with Gasteiger partial charge in [0.25, 0.3) is 5.69 Å². The van der Waals surface area contributed by atoms with Gasteiger partial charge in [-0.15, -0.1) is 0 Å². The van der Waals surface area contributed by atoms with Crippen molar-refractivity contribution in [3.8, 4) is 0 Å². The molecule has 0 saturated carbocycles. The number of benzene rings is 1. The zero-order valence-corrected chi connectivity index (χ0v) is 11.8. The van der Waals surface area contributed by atoms with E-state index in [-0.39, 0.29) is 33.3 Å². The molecule has 1 aromatic rings. The van der Waals surface area contributed by atoms with Gasteiger partial charge in [0.1, 0.15) is 5.69 Å². The maximum Gasteiger partial charge on any atom is 0.294 e. The molecule has 1 amide bonds. The lowest BCUT2D eigenvalue weighted by atomic mass is 10.2. The summed E-state index contributed by atoms with van der Waals surface area (Å²) in [7, 11) is 0. The van der Waals surface area contributed by atoms with Gasteiger partial charge in [0.05, 0.1) is 4.92 Å². The molecule has 0 fully saturated rings. The Morgan fingerprint density at radius 1 is 1.47 bits per heavy atom. The molecule has 0 radical (unpaired) electrons. The molecule has 0 bridgehead atoms. The molecule has 8 heteroatoms. The number of nitrogens with one attached hydrogen (secondary N) is 2. The zero-order valence-electron chi connectivity index (χ0n) is 10.3. The molecule has 0 atom stereocenters. The summed E-state index contributed by atoms with van der Waals surface area (Å²) in [6.45, 7) is 3.42. The van der Waals surface area contributed by atoms with Crippen molar-refractivity contribution in [2.24, 2.45) is 5.92 Å². The number of hydrogen-bond donors (Lipinski definition) is 2. The Kier molecular flexibility index (Phi) is 5.20. The van der Waals surface area contributed by atoms with Crippen molar-refractivity contribution >= 4 is 46.2 Å². The topological polar surface area (TPSA) is 84.3 Å². The maximum atomic E-state index is 11.4. The first-order valence-electron chi connectivity index (χ1n) is 5.37. The van der Waals surface area contributed by atoms with Gasteiger partial charge in [-0.2, -0.15) is 0 Å². The van der Waals surface area contributed by atoms with E-state index in [0.29, 0.717) is 0 Å². The van der Waals surface area contributed by atoms with Crippen molar-refractivity contribution in [2.75, 3.05) is 5.32 Å². The van der Waals surface area contributed by atoms with Crippen LogP contribution in [0.5, 0.6) is 0 Å². The summed E-state index contributed by atoms with van der Waals surface area (Å²) in [5.41, 5.74) is -0.0443. The SMILES string of the molecule is CC(C)C(=O)NC(=S)Nc1ccc(Cl)cc1[N+](=O)[O-]. The minimum atomic E-state index is -0.582. The minimum absolute atomic E-state index is 0.00382. The standard InChI is InChI=1S/C11H12ClN3O3S/c1-6(2)10(16)14-11(19)13-8-4-3-7(12)5-9(8)15(17)18/h3-6H,1-2H3,(H2,13,14,16,19). The summed E-state index contributed by atoms with van der Waals surface area (Å²) in [6, 6.07) is 4.12. The minimum Gasteiger partial charge on any atom is -0.327 e. The van der Waals surface area contributed by atoms with Crippen molar-refractivity contribution in [2.45, 2.75) is 13.8 Å². The normalized spacial score (nSPS) is 10.1. The molecular formula is C11H12ClN3O3S. The van der Waals surface area contributed by atoms with Crippen molar-refractivity contribution in [1.82, 2.24) is 5.32 Å². The van der Waals surface area contributed by atoms with E-state index in [1.807, 2.05) is 0 Å². The highest BCUT2D eigenvalue weighted by molar-refractivity contribution is 7.80. The maximum absolute atomic E-state index is 11.4. The number of carbonyl (C=O) groups excluding carboxylic acids is 1. The number of halogens is 1. The molecule has 0 unspecified atom stereocenters. The summed E-state index contributed by atoms with van der Waals surface area (Å²) >= 11 is 10.6. The third kappa shape index (κ3) is 4.46. The molecule has 6 nitrogen and oxygen atoms in total. The quantitative estimate of drug-likeness (QED) is 0.509. The zero-order chi connectivity index (χ0) is 14.6. The van der Waals surface area contributed by atoms with Crippen LogP contribution in [0.3, 0.4) is 0 Å². The molecule has 102 valence electrons. The number of hydrogen-bond acceptors (Lipinski definition) is 4. The molecule has 0 saturated heterocycles. The van der Waals surface area contributed by atoms with Crippen LogP contribution in [0.1, 0.15) is 13.8 Å². The van der Waals surface area contributed by atoms with Gasteiger partial charge >= 0.3 is 0 Å². The Morgan fingerprint density at radius 2 is 2.11 bits per heavy atom. The molecule has 0 spiro atoms. The first kappa shape index (κ1) is 15.3. The van der Waals surface area contributed by atoms with Gasteiger partial charge in [-0.05, 0) is 24.4 Å². The number of nitrogens with zero attached hydrogens (tertiary/aromatic N) is 1. The van der Waals surface area contributed by atoms with Gasteiger partial charge in [0.15, 0.2) is 5.11 Å². The molecule has 0 aromatic heterocycles. The van der Waals surface area contributed by atoms with Gasteiger partial charge in [-0.25, -0.2) is 0 Å². The lowest BCUT2D eigenvalue weighted by Crippen LogP contribution is -2.36. The summed E-state index contributed by atoms with van der Waals surface area (Å²) in [5, 5.41) is 16.1. The summed E-state index contributed by atoms with van der Waals surface area (Å²) in [4.78, 5) is 21.7. The molecular weight excluding hydrogens is 290 g/mol. The van der Waals surface area contributed by atoms with Crippen molar-refractivity contribution in [1.29, 1.82) is 0 Å². The number of anilines is 1. The Morgan fingerprint density at radius 3 is 2.63 bits per heavy atom. The van der Waals surface area contributed by atoms with Crippen LogP contribution in [0, 0.1) is 16.0 Å². The molecule has 1 rings (SSSR count). The third-order valence-electron chi connectivity index (χ3n) is 2.17. The first-order valence-corrected chi connectivity index (χ1v) is 6.15. The monoisotopic (exact) mass is 301 g/mol. The highest BCUT2D eigenvalue weighted by atomic mass is 35.5. The van der Waals surface area contributed by atoms with Crippen LogP contribution in [-0.2, 0) is 4.79 Å². The van der Waals surface area contributed by atoms with Gasteiger partial charge in [-0.1, -0.05) is 25.4 Å². The summed E-state index contributed by atoms with van der Waals surface area (Å²) < 4.78 is 0. The van der Waals surface area contributed by atoms with E-state index in [9.17, 15) is 14.9 Å². The van der Waals surface area contributed by atoms with Crippen LogP contribution in [-0.4, -0.2) is 15.9 Å². The Labute approximate surface area is 120 Å². The van der Waals surface area contributed by atoms with Crippen molar-refractivity contribution in [3.05, 3.63) is 33.3 Å². The summed E-state index contributed by atoms with van der Waals surface area (Å²) in [6.07, 6.45) is 0. The third-order valence-corrected chi connectivity index (χ3v) is 2.61. The second-order valence-electron chi connectivity index (χ2n) is 4.02. The van der Waals surface area contributed by atoms with Crippen molar-refractivity contribution in [3.63, 3.8) is 0 Å². The predicted octanol–water partition coefficient (Wildman–Crippen LogP) is 2.72. The molecule has 0 aliphatic rings. The van der Waals surface area contributed by atoms with Crippen LogP contribution in [0.25, 0.3) is 0 Å². The molecule has 1 aromatic carbocycles. The first-order chi connectivity index (χ1) is 8.81. The lowest BCUT2D eigenvalue weighted by molar-refractivity contribution is -0.383. The van der Waals surface area contributed by atoms with Gasteiger partial charge in [0.2, 0.25) is 5.91 Å². The fourth-order valence-electron chi connectivity index (χ4n) is 1.17. The molecule has 2 N–H and O–H groups in total. The van der Waals surface area contributed by atoms with E-state index >= 15 is 0 Å². The Hall–Kier alpha value is -1.73. The number of thiocarbonyl (C=S) groups is 1. The van der Waals surface area contributed by atoms with E-state index in [4.69, 9.17) is 23.8 Å². The summed E-state index contributed by atoms with van der Waals surface area (Å²) in [5.74, 6) is -0.505. The fraction of sp³-hybridized carbons (Fsp3) is 0.273. The number of nitro benzene ring substituents is 1. The molecule has 0 aliphatic heterocycles. The number of rotatable bonds is 3. The van der Waals surface area contributed by atoms with Gasteiger partial charge < -0.3 is 10.6 Å². The average molecular weight is 302 g/mol. The van der Waals surface area contributed by atoms with E-state index in [1.165, 1.54) is 18.2 Å². The average Bonchev–Trinajstić information content (AvgIpc) is 2.30. The van der Waals surface area contributed by atoms with Crippen LogP contribution in [0.15, 0.2) is 18.2 Å². The lowest BCUT2D eigenvalue weighted by Gasteiger charge is -2.11. The largest absolute Gasteiger partial charge is 0.327 e. The van der Waals surface area contributed by atoms with E-state index in [0.717, 1.165) is 0 Å². The molecule has 0 heterocycles. The fourth-order valence-corrected chi connectivity index (χ4v) is 1.55. The highest BCUT2D eigenvalue weighted by Gasteiger charge is 2.16. The van der Waals surface area contributed by atoms with E-state index in [1.54, 1.807) is 13.8 Å². The number of amides is 1. The van der Waals surface area contributed by atoms with Gasteiger partial charge in [0, 0.05) is 17.0 Å². The van der Waals surface area contributed by atoms with Crippen LogP contribution in [0.2, 0.25) is 5.02 Å². The number of nitro groups is 1. The Balaban J connectivity index is 2.85. The number of carbonyl (C=O) groups is 1. The van der Waals surface area contributed by atoms with E-state index in [2.05, 4.69) is 10.6 Å². The van der Waals surface area contributed by atoms with Crippen LogP contribution >= 0.6 is 23.8 Å². The van der Waals surface area contributed by atoms with Crippen molar-refractivity contribution < 1.29 is 9.72 Å². The predicted molar refractivity (Wildman–Crippen MR) is 77.3 cm³/mol. The van der Waals surface area contributed by atoms with Gasteiger partial charge in [-0.3, -0.25) is 14.9 Å². The second-order valence-corrected chi connectivity index (χ2v) is 4.86. The van der Waals surface area contributed by atoms with E-state index < -0.39 is 4.92 Å². The van der Waals surface area contributed by atoms with Crippen LogP contribution < -0.4 is 10.6 Å². The molecule has 19 heavy (non-hydrogen) atoms. The highest BCUT2D eigenvalue weighted by Crippen LogP contribution is 2.27. The van der Waals surface area contributed by atoms with Crippen LogP contribution in [0.4, 0.5) is 11.4 Å². The smallest absolute Gasteiger partial charge is 0.294 e. The Bertz CT molecular complexity index is 534. The molecule has 0 aliphatic carbocycles.